The van der Waals surface area contributed by atoms with Crippen molar-refractivity contribution in [1.29, 1.82) is 0 Å². The second-order valence-electron chi connectivity index (χ2n) is 2.70. The molecular weight excluding hydrogens is 142 g/mol. The maximum Gasteiger partial charge on any atom is 0.0930 e. The number of rotatable bonds is 6. The zero-order valence-corrected chi connectivity index (χ0v) is 7.67. The van der Waals surface area contributed by atoms with Gasteiger partial charge in [0.05, 0.1) is 18.8 Å². The summed E-state index contributed by atoms with van der Waals surface area (Å²) >= 11 is 0. The Morgan fingerprint density at radius 3 is 2.27 bits per heavy atom. The first-order valence-electron chi connectivity index (χ1n) is 4.14. The lowest BCUT2D eigenvalue weighted by Gasteiger charge is -2.16. The van der Waals surface area contributed by atoms with Crippen LogP contribution in [0.4, 0.5) is 0 Å². The van der Waals surface area contributed by atoms with E-state index in [-0.39, 0.29) is 12.2 Å². The molecule has 3 nitrogen and oxygen atoms in total. The number of ether oxygens (including phenoxy) is 2. The quantitative estimate of drug-likeness (QED) is 0.626. The predicted molar refractivity (Wildman–Crippen MR) is 45.6 cm³/mol. The molecule has 0 radical (unpaired) electrons. The van der Waals surface area contributed by atoms with E-state index in [4.69, 9.17) is 15.2 Å². The van der Waals surface area contributed by atoms with Crippen LogP contribution in [0.2, 0.25) is 0 Å². The Bertz CT molecular complexity index is 86.2. The zero-order valence-electron chi connectivity index (χ0n) is 7.67. The van der Waals surface area contributed by atoms with Crippen LogP contribution < -0.4 is 5.73 Å². The van der Waals surface area contributed by atoms with E-state index in [0.29, 0.717) is 19.8 Å². The van der Waals surface area contributed by atoms with Gasteiger partial charge >= 0.3 is 0 Å². The average molecular weight is 161 g/mol. The van der Waals surface area contributed by atoms with Crippen molar-refractivity contribution in [2.75, 3.05) is 19.8 Å². The molecular formula is C8H19NO2. The summed E-state index contributed by atoms with van der Waals surface area (Å²) in [6.07, 6.45) is 0.312. The lowest BCUT2D eigenvalue weighted by atomic mass is 10.4. The fourth-order valence-electron chi connectivity index (χ4n) is 0.720. The Kier molecular flexibility index (Phi) is 6.51. The van der Waals surface area contributed by atoms with Crippen LogP contribution in [-0.4, -0.2) is 32.0 Å². The summed E-state index contributed by atoms with van der Waals surface area (Å²) in [7, 11) is 0. The monoisotopic (exact) mass is 161 g/mol. The first kappa shape index (κ1) is 10.9. The third kappa shape index (κ3) is 6.28. The topological polar surface area (TPSA) is 44.5 Å². The molecule has 0 amide bonds. The van der Waals surface area contributed by atoms with Crippen molar-refractivity contribution in [3.63, 3.8) is 0 Å². The lowest BCUT2D eigenvalue weighted by molar-refractivity contribution is -0.0265. The van der Waals surface area contributed by atoms with Crippen LogP contribution in [-0.2, 0) is 9.47 Å². The highest BCUT2D eigenvalue weighted by atomic mass is 16.5. The minimum absolute atomic E-state index is 0.0578. The van der Waals surface area contributed by atoms with Crippen molar-refractivity contribution in [1.82, 2.24) is 0 Å². The normalized spacial score (nSPS) is 13.9. The first-order valence-corrected chi connectivity index (χ1v) is 4.14. The largest absolute Gasteiger partial charge is 0.376 e. The lowest BCUT2D eigenvalue weighted by Crippen LogP contribution is -2.29. The third-order valence-corrected chi connectivity index (χ3v) is 1.28. The van der Waals surface area contributed by atoms with E-state index in [9.17, 15) is 0 Å². The highest BCUT2D eigenvalue weighted by Crippen LogP contribution is 1.94. The second-order valence-corrected chi connectivity index (χ2v) is 2.70. The van der Waals surface area contributed by atoms with Crippen LogP contribution in [0.5, 0.6) is 0 Å². The van der Waals surface area contributed by atoms with E-state index in [0.717, 1.165) is 0 Å². The van der Waals surface area contributed by atoms with Gasteiger partial charge in [-0.05, 0) is 20.8 Å². The van der Waals surface area contributed by atoms with E-state index in [1.165, 1.54) is 0 Å². The Morgan fingerprint density at radius 1 is 1.27 bits per heavy atom. The molecule has 0 rings (SSSR count). The van der Waals surface area contributed by atoms with Crippen LogP contribution >= 0.6 is 0 Å². The van der Waals surface area contributed by atoms with Gasteiger partial charge in [-0.25, -0.2) is 0 Å². The van der Waals surface area contributed by atoms with E-state index in [1.54, 1.807) is 0 Å². The van der Waals surface area contributed by atoms with Crippen molar-refractivity contribution >= 4 is 0 Å². The summed E-state index contributed by atoms with van der Waals surface area (Å²) in [6.45, 7) is 7.78. The van der Waals surface area contributed by atoms with Gasteiger partial charge in [0.25, 0.3) is 0 Å². The van der Waals surface area contributed by atoms with Crippen molar-refractivity contribution in [2.24, 2.45) is 5.73 Å². The van der Waals surface area contributed by atoms with Crippen molar-refractivity contribution in [3.8, 4) is 0 Å². The summed E-state index contributed by atoms with van der Waals surface area (Å²) < 4.78 is 10.6. The fourth-order valence-corrected chi connectivity index (χ4v) is 0.720. The maximum atomic E-state index is 5.44. The summed E-state index contributed by atoms with van der Waals surface area (Å²) in [5, 5.41) is 0. The third-order valence-electron chi connectivity index (χ3n) is 1.28. The molecule has 0 aliphatic carbocycles. The van der Waals surface area contributed by atoms with Crippen LogP contribution in [0.15, 0.2) is 0 Å². The molecule has 0 aromatic rings. The van der Waals surface area contributed by atoms with Crippen LogP contribution in [0.3, 0.4) is 0 Å². The molecule has 68 valence electrons. The molecule has 1 unspecified atom stereocenters. The van der Waals surface area contributed by atoms with Gasteiger partial charge in [-0.15, -0.1) is 0 Å². The molecule has 0 aliphatic heterocycles. The van der Waals surface area contributed by atoms with Gasteiger partial charge in [0.1, 0.15) is 0 Å². The molecule has 0 spiro atoms. The smallest absolute Gasteiger partial charge is 0.0930 e. The van der Waals surface area contributed by atoms with Gasteiger partial charge < -0.3 is 15.2 Å². The molecule has 2 N–H and O–H groups in total. The highest BCUT2D eigenvalue weighted by molar-refractivity contribution is 4.56. The summed E-state index contributed by atoms with van der Waals surface area (Å²) in [5.74, 6) is 0. The standard InChI is InChI=1S/C8H19NO2/c1-4-10-8(5-9)6-11-7(2)3/h7-8H,4-6,9H2,1-3H3. The van der Waals surface area contributed by atoms with Crippen molar-refractivity contribution in [2.45, 2.75) is 33.0 Å². The first-order chi connectivity index (χ1) is 5.20. The maximum absolute atomic E-state index is 5.44. The van der Waals surface area contributed by atoms with Gasteiger partial charge in [0, 0.05) is 13.2 Å². The van der Waals surface area contributed by atoms with Gasteiger partial charge in [-0.2, -0.15) is 0 Å². The second kappa shape index (κ2) is 6.58. The SMILES string of the molecule is CCOC(CN)COC(C)C. The van der Waals surface area contributed by atoms with Gasteiger partial charge in [0.2, 0.25) is 0 Å². The van der Waals surface area contributed by atoms with Crippen molar-refractivity contribution < 1.29 is 9.47 Å². The summed E-state index contributed by atoms with van der Waals surface area (Å²) in [4.78, 5) is 0. The van der Waals surface area contributed by atoms with Gasteiger partial charge in [-0.3, -0.25) is 0 Å². The predicted octanol–water partition coefficient (Wildman–Crippen LogP) is 0.775. The van der Waals surface area contributed by atoms with E-state index in [1.807, 2.05) is 20.8 Å². The molecule has 0 aromatic carbocycles. The molecule has 1 atom stereocenters. The minimum atomic E-state index is 0.0578. The Hall–Kier alpha value is -0.120. The van der Waals surface area contributed by atoms with Crippen LogP contribution in [0, 0.1) is 0 Å². The molecule has 0 saturated heterocycles. The average Bonchev–Trinajstić information content (AvgIpc) is 1.97. The van der Waals surface area contributed by atoms with Gasteiger partial charge in [0.15, 0.2) is 0 Å². The molecule has 0 heterocycles. The molecule has 0 aliphatic rings. The number of nitrogens with two attached hydrogens (primary N) is 1. The highest BCUT2D eigenvalue weighted by Gasteiger charge is 2.06. The zero-order chi connectivity index (χ0) is 8.69. The molecule has 3 heteroatoms. The summed E-state index contributed by atoms with van der Waals surface area (Å²) in [5.41, 5.74) is 5.44. The molecule has 0 fully saturated rings. The Morgan fingerprint density at radius 2 is 1.91 bits per heavy atom. The van der Waals surface area contributed by atoms with Crippen LogP contribution in [0.1, 0.15) is 20.8 Å². The molecule has 0 aromatic heterocycles. The fraction of sp³-hybridized carbons (Fsp3) is 1.00. The Labute approximate surface area is 68.9 Å². The number of hydrogen-bond donors (Lipinski definition) is 1. The van der Waals surface area contributed by atoms with E-state index < -0.39 is 0 Å². The van der Waals surface area contributed by atoms with Crippen molar-refractivity contribution in [3.05, 3.63) is 0 Å². The Balaban J connectivity index is 3.35. The van der Waals surface area contributed by atoms with E-state index in [2.05, 4.69) is 0 Å². The molecule has 0 saturated carbocycles. The van der Waals surface area contributed by atoms with Crippen LogP contribution in [0.25, 0.3) is 0 Å². The molecule has 11 heavy (non-hydrogen) atoms. The minimum Gasteiger partial charge on any atom is -0.376 e. The summed E-state index contributed by atoms with van der Waals surface area (Å²) in [6, 6.07) is 0. The van der Waals surface area contributed by atoms with Gasteiger partial charge in [-0.1, -0.05) is 0 Å². The van der Waals surface area contributed by atoms with E-state index >= 15 is 0 Å². The molecule has 0 bridgehead atoms. The number of hydrogen-bond acceptors (Lipinski definition) is 3.